The second kappa shape index (κ2) is 9.62. The summed E-state index contributed by atoms with van der Waals surface area (Å²) >= 11 is 6.13. The van der Waals surface area contributed by atoms with Crippen LogP contribution in [0.5, 0.6) is 0 Å². The molecule has 0 aromatic heterocycles. The van der Waals surface area contributed by atoms with Gasteiger partial charge < -0.3 is 10.6 Å². The summed E-state index contributed by atoms with van der Waals surface area (Å²) < 4.78 is 0. The summed E-state index contributed by atoms with van der Waals surface area (Å²) in [5.41, 5.74) is 5.55. The normalized spacial score (nSPS) is 14.5. The molecule has 2 aromatic carbocycles. The smallest absolute Gasteiger partial charge is 0.263 e. The van der Waals surface area contributed by atoms with E-state index >= 15 is 0 Å². The summed E-state index contributed by atoms with van der Waals surface area (Å²) in [6, 6.07) is 13.8. The highest BCUT2D eigenvalue weighted by Crippen LogP contribution is 2.26. The molecule has 0 heterocycles. The summed E-state index contributed by atoms with van der Waals surface area (Å²) in [4.78, 5) is 12.7. The number of hydrogen-bond acceptors (Lipinski definition) is 3. The highest BCUT2D eigenvalue weighted by Gasteiger charge is 2.18. The van der Waals surface area contributed by atoms with E-state index in [1.54, 1.807) is 6.07 Å². The van der Waals surface area contributed by atoms with Gasteiger partial charge in [-0.3, -0.25) is 4.79 Å². The van der Waals surface area contributed by atoms with Crippen molar-refractivity contribution in [3.63, 3.8) is 0 Å². The molecule has 2 N–H and O–H groups in total. The molecule has 1 unspecified atom stereocenters. The number of nitriles is 1. The first-order valence-electron chi connectivity index (χ1n) is 10.1. The van der Waals surface area contributed by atoms with Crippen LogP contribution in [0, 0.1) is 18.3 Å². The molecule has 1 aliphatic rings. The molecule has 0 saturated carbocycles. The Balaban J connectivity index is 1.73. The molecule has 0 radical (unpaired) electrons. The van der Waals surface area contributed by atoms with Crippen LogP contribution in [0.15, 0.2) is 48.2 Å². The van der Waals surface area contributed by atoms with Gasteiger partial charge in [0, 0.05) is 16.9 Å². The van der Waals surface area contributed by atoms with E-state index in [1.165, 1.54) is 30.2 Å². The summed E-state index contributed by atoms with van der Waals surface area (Å²) in [6.45, 7) is 3.92. The Bertz CT molecular complexity index is 975. The van der Waals surface area contributed by atoms with Crippen LogP contribution >= 0.6 is 11.6 Å². The van der Waals surface area contributed by atoms with Crippen molar-refractivity contribution in [1.82, 2.24) is 5.32 Å². The van der Waals surface area contributed by atoms with Crippen LogP contribution in [0.3, 0.4) is 0 Å². The zero-order chi connectivity index (χ0) is 20.8. The van der Waals surface area contributed by atoms with Gasteiger partial charge in [0.15, 0.2) is 0 Å². The monoisotopic (exact) mass is 407 g/mol. The molecular formula is C24H26ClN3O. The van der Waals surface area contributed by atoms with Crippen LogP contribution in [-0.4, -0.2) is 5.91 Å². The molecule has 0 bridgehead atoms. The van der Waals surface area contributed by atoms with Crippen LogP contribution in [0.1, 0.15) is 54.5 Å². The Morgan fingerprint density at radius 3 is 2.72 bits per heavy atom. The number of rotatable bonds is 6. The van der Waals surface area contributed by atoms with Crippen LogP contribution in [0.4, 0.5) is 5.69 Å². The molecule has 5 heteroatoms. The standard InChI is InChI=1S/C24H26ClN3O/c1-3-22(19-12-11-17-7-4-5-8-18(17)13-19)28-24(29)20(14-26)15-27-23-10-6-9-21(25)16(23)2/h6,9-13,15,22,27H,3-5,7-8H2,1-2H3,(H,28,29)/b20-15-. The fourth-order valence-corrected chi connectivity index (χ4v) is 3.86. The number of amides is 1. The van der Waals surface area contributed by atoms with Gasteiger partial charge in [-0.2, -0.15) is 5.26 Å². The maximum absolute atomic E-state index is 12.7. The minimum absolute atomic E-state index is 0.0285. The van der Waals surface area contributed by atoms with Crippen molar-refractivity contribution < 1.29 is 4.79 Å². The summed E-state index contributed by atoms with van der Waals surface area (Å²) in [5.74, 6) is -0.385. The summed E-state index contributed by atoms with van der Waals surface area (Å²) in [5, 5.41) is 16.1. The average Bonchev–Trinajstić information content (AvgIpc) is 2.75. The van der Waals surface area contributed by atoms with Crippen molar-refractivity contribution in [1.29, 1.82) is 5.26 Å². The number of halogens is 1. The Labute approximate surface area is 177 Å². The molecule has 1 aliphatic carbocycles. The van der Waals surface area contributed by atoms with E-state index in [0.29, 0.717) is 5.02 Å². The van der Waals surface area contributed by atoms with Crippen molar-refractivity contribution in [2.45, 2.75) is 52.0 Å². The molecule has 1 atom stereocenters. The lowest BCUT2D eigenvalue weighted by Gasteiger charge is -2.21. The second-order valence-corrected chi connectivity index (χ2v) is 7.80. The Kier molecular flexibility index (Phi) is 6.95. The third-order valence-corrected chi connectivity index (χ3v) is 5.90. The average molecular weight is 408 g/mol. The molecule has 4 nitrogen and oxygen atoms in total. The number of anilines is 1. The van der Waals surface area contributed by atoms with Crippen molar-refractivity contribution in [3.8, 4) is 6.07 Å². The number of nitrogens with zero attached hydrogens (tertiary/aromatic N) is 1. The van der Waals surface area contributed by atoms with Gasteiger partial charge in [0.2, 0.25) is 0 Å². The highest BCUT2D eigenvalue weighted by molar-refractivity contribution is 6.31. The number of carbonyl (C=O) groups excluding carboxylic acids is 1. The first kappa shape index (κ1) is 21.0. The van der Waals surface area contributed by atoms with Gasteiger partial charge >= 0.3 is 0 Å². The predicted octanol–water partition coefficient (Wildman–Crippen LogP) is 5.61. The van der Waals surface area contributed by atoms with Gasteiger partial charge in [-0.15, -0.1) is 0 Å². The van der Waals surface area contributed by atoms with Crippen LogP contribution in [0.25, 0.3) is 0 Å². The SMILES string of the molecule is CCC(NC(=O)/C(C#N)=C\Nc1cccc(Cl)c1C)c1ccc2c(c1)CCCC2. The lowest BCUT2D eigenvalue weighted by Crippen LogP contribution is -2.29. The molecule has 2 aromatic rings. The second-order valence-electron chi connectivity index (χ2n) is 7.40. The van der Waals surface area contributed by atoms with E-state index < -0.39 is 0 Å². The molecule has 3 rings (SSSR count). The molecule has 150 valence electrons. The number of nitrogens with one attached hydrogen (secondary N) is 2. The van der Waals surface area contributed by atoms with Gasteiger partial charge in [0.25, 0.3) is 5.91 Å². The minimum atomic E-state index is -0.385. The molecule has 1 amide bonds. The van der Waals surface area contributed by atoms with Gasteiger partial charge in [-0.25, -0.2) is 0 Å². The van der Waals surface area contributed by atoms with Crippen molar-refractivity contribution in [2.24, 2.45) is 0 Å². The van der Waals surface area contributed by atoms with Gasteiger partial charge in [-0.05, 0) is 73.4 Å². The maximum Gasteiger partial charge on any atom is 0.263 e. The maximum atomic E-state index is 12.7. The number of carbonyl (C=O) groups is 1. The third-order valence-electron chi connectivity index (χ3n) is 5.49. The molecule has 29 heavy (non-hydrogen) atoms. The van der Waals surface area contributed by atoms with E-state index in [-0.39, 0.29) is 17.5 Å². The molecule has 0 saturated heterocycles. The Morgan fingerprint density at radius 1 is 1.24 bits per heavy atom. The number of benzene rings is 2. The third kappa shape index (κ3) is 4.99. The van der Waals surface area contributed by atoms with Gasteiger partial charge in [0.1, 0.15) is 11.6 Å². The summed E-state index contributed by atoms with van der Waals surface area (Å²) in [7, 11) is 0. The topological polar surface area (TPSA) is 64.9 Å². The van der Waals surface area contributed by atoms with Crippen molar-refractivity contribution in [2.75, 3.05) is 5.32 Å². The first-order chi connectivity index (χ1) is 14.0. The minimum Gasteiger partial charge on any atom is -0.360 e. The van der Waals surface area contributed by atoms with Crippen LogP contribution in [-0.2, 0) is 17.6 Å². The molecular weight excluding hydrogens is 382 g/mol. The highest BCUT2D eigenvalue weighted by atomic mass is 35.5. The number of aryl methyl sites for hydroxylation is 2. The fraction of sp³-hybridized carbons (Fsp3) is 0.333. The first-order valence-corrected chi connectivity index (χ1v) is 10.5. The predicted molar refractivity (Wildman–Crippen MR) is 118 cm³/mol. The lowest BCUT2D eigenvalue weighted by atomic mass is 9.88. The zero-order valence-corrected chi connectivity index (χ0v) is 17.6. The van der Waals surface area contributed by atoms with Crippen molar-refractivity contribution >= 4 is 23.2 Å². The van der Waals surface area contributed by atoms with E-state index in [4.69, 9.17) is 11.6 Å². The Hall–Kier alpha value is -2.77. The quantitative estimate of drug-likeness (QED) is 0.482. The molecule has 0 spiro atoms. The van der Waals surface area contributed by atoms with Gasteiger partial charge in [-0.1, -0.05) is 42.8 Å². The number of fused-ring (bicyclic) bond motifs is 1. The van der Waals surface area contributed by atoms with E-state index in [2.05, 4.69) is 28.8 Å². The van der Waals surface area contributed by atoms with Crippen molar-refractivity contribution in [3.05, 3.63) is 75.4 Å². The lowest BCUT2D eigenvalue weighted by molar-refractivity contribution is -0.117. The van der Waals surface area contributed by atoms with Crippen LogP contribution < -0.4 is 10.6 Å². The van der Waals surface area contributed by atoms with E-state index in [1.807, 2.05) is 32.0 Å². The molecule has 0 aliphatic heterocycles. The largest absolute Gasteiger partial charge is 0.360 e. The van der Waals surface area contributed by atoms with E-state index in [9.17, 15) is 10.1 Å². The van der Waals surface area contributed by atoms with Gasteiger partial charge in [0.05, 0.1) is 6.04 Å². The fourth-order valence-electron chi connectivity index (χ4n) is 3.69. The number of hydrogen-bond donors (Lipinski definition) is 2. The van der Waals surface area contributed by atoms with Crippen LogP contribution in [0.2, 0.25) is 5.02 Å². The summed E-state index contributed by atoms with van der Waals surface area (Å²) in [6.07, 6.45) is 6.89. The Morgan fingerprint density at radius 2 is 2.00 bits per heavy atom. The molecule has 0 fully saturated rings. The zero-order valence-electron chi connectivity index (χ0n) is 16.9. The van der Waals surface area contributed by atoms with E-state index in [0.717, 1.165) is 36.1 Å².